The van der Waals surface area contributed by atoms with Crippen LogP contribution in [0.1, 0.15) is 41.5 Å². The minimum Gasteiger partial charge on any atom is -0.414 e. The molecule has 124 valence electrons. The van der Waals surface area contributed by atoms with Crippen LogP contribution in [0.2, 0.25) is 18.1 Å². The first-order valence-corrected chi connectivity index (χ1v) is 10.5. The van der Waals surface area contributed by atoms with Gasteiger partial charge in [0.2, 0.25) is 0 Å². The lowest BCUT2D eigenvalue weighted by Crippen LogP contribution is -2.50. The fourth-order valence-corrected chi connectivity index (χ4v) is 3.62. The molecule has 0 spiro atoms. The fourth-order valence-electron chi connectivity index (χ4n) is 2.54. The Labute approximate surface area is 129 Å². The number of ether oxygens (including phenoxy) is 3. The zero-order valence-corrected chi connectivity index (χ0v) is 15.5. The Morgan fingerprint density at radius 3 is 2.19 bits per heavy atom. The monoisotopic (exact) mass is 318 g/mol. The van der Waals surface area contributed by atoms with Gasteiger partial charge in [0.05, 0.1) is 6.61 Å². The summed E-state index contributed by atoms with van der Waals surface area (Å²) < 4.78 is 23.7. The third-order valence-corrected chi connectivity index (χ3v) is 9.41. The van der Waals surface area contributed by atoms with Gasteiger partial charge in [-0.05, 0) is 38.9 Å². The van der Waals surface area contributed by atoms with Crippen LogP contribution in [0.25, 0.3) is 0 Å². The zero-order chi connectivity index (χ0) is 16.3. The Balaban J connectivity index is 2.09. The molecule has 2 heterocycles. The average molecular weight is 318 g/mol. The Morgan fingerprint density at radius 1 is 1.10 bits per heavy atom. The van der Waals surface area contributed by atoms with Gasteiger partial charge in [-0.15, -0.1) is 0 Å². The number of aliphatic hydroxyl groups is 1. The minimum absolute atomic E-state index is 0.131. The highest BCUT2D eigenvalue weighted by Crippen LogP contribution is 2.45. The standard InChI is InChI=1S/C15H30O5Si/c1-13(2,3)21(7,8)17-9-15(6)11-10(12(16)20-15)18-14(4,5)19-11/h10-12,16H,9H2,1-8H3/t10-,11+,12?,15+/m0/s1. The predicted molar refractivity (Wildman–Crippen MR) is 82.5 cm³/mol. The van der Waals surface area contributed by atoms with Crippen molar-refractivity contribution in [3.8, 4) is 0 Å². The molecular weight excluding hydrogens is 288 g/mol. The van der Waals surface area contributed by atoms with Gasteiger partial charge in [-0.1, -0.05) is 20.8 Å². The van der Waals surface area contributed by atoms with Crippen molar-refractivity contribution in [2.75, 3.05) is 6.61 Å². The lowest BCUT2D eigenvalue weighted by molar-refractivity contribution is -0.245. The molecule has 0 bridgehead atoms. The third-order valence-electron chi connectivity index (χ3n) is 4.93. The van der Waals surface area contributed by atoms with Gasteiger partial charge >= 0.3 is 0 Å². The van der Waals surface area contributed by atoms with Gasteiger partial charge in [-0.25, -0.2) is 0 Å². The van der Waals surface area contributed by atoms with Gasteiger partial charge in [0.15, 0.2) is 20.4 Å². The molecule has 0 aliphatic carbocycles. The van der Waals surface area contributed by atoms with Gasteiger partial charge in [0.25, 0.3) is 0 Å². The topological polar surface area (TPSA) is 57.2 Å². The number of hydrogen-bond acceptors (Lipinski definition) is 5. The van der Waals surface area contributed by atoms with Crippen molar-refractivity contribution in [3.05, 3.63) is 0 Å². The van der Waals surface area contributed by atoms with E-state index >= 15 is 0 Å². The van der Waals surface area contributed by atoms with Crippen molar-refractivity contribution in [1.29, 1.82) is 0 Å². The molecule has 4 atom stereocenters. The summed E-state index contributed by atoms with van der Waals surface area (Å²) in [6.45, 7) is 17.1. The van der Waals surface area contributed by atoms with E-state index < -0.39 is 32.1 Å². The lowest BCUT2D eigenvalue weighted by Gasteiger charge is -2.39. The van der Waals surface area contributed by atoms with E-state index in [0.29, 0.717) is 6.61 Å². The maximum absolute atomic E-state index is 10.1. The van der Waals surface area contributed by atoms with E-state index in [1.807, 2.05) is 20.8 Å². The average Bonchev–Trinajstić information content (AvgIpc) is 2.71. The molecule has 0 saturated carbocycles. The van der Waals surface area contributed by atoms with E-state index in [0.717, 1.165) is 0 Å². The summed E-state index contributed by atoms with van der Waals surface area (Å²) in [5.74, 6) is -0.696. The predicted octanol–water partition coefficient (Wildman–Crippen LogP) is 2.64. The molecule has 0 amide bonds. The zero-order valence-electron chi connectivity index (χ0n) is 14.5. The molecule has 0 aromatic heterocycles. The van der Waals surface area contributed by atoms with Crippen LogP contribution in [0.15, 0.2) is 0 Å². The van der Waals surface area contributed by atoms with Crippen molar-refractivity contribution in [2.24, 2.45) is 0 Å². The molecule has 0 aromatic carbocycles. The summed E-state index contributed by atoms with van der Waals surface area (Å²) >= 11 is 0. The number of hydrogen-bond donors (Lipinski definition) is 1. The lowest BCUT2D eigenvalue weighted by atomic mass is 9.99. The van der Waals surface area contributed by atoms with Crippen LogP contribution < -0.4 is 0 Å². The highest BCUT2D eigenvalue weighted by Gasteiger charge is 2.61. The molecule has 0 radical (unpaired) electrons. The summed E-state index contributed by atoms with van der Waals surface area (Å²) in [4.78, 5) is 0. The van der Waals surface area contributed by atoms with Crippen molar-refractivity contribution >= 4 is 8.32 Å². The molecule has 6 heteroatoms. The Bertz CT molecular complexity index is 403. The van der Waals surface area contributed by atoms with Crippen molar-refractivity contribution in [1.82, 2.24) is 0 Å². The second-order valence-electron chi connectivity index (χ2n) is 8.39. The van der Waals surface area contributed by atoms with Gasteiger partial charge in [0.1, 0.15) is 17.8 Å². The molecule has 1 N–H and O–H groups in total. The van der Waals surface area contributed by atoms with Gasteiger partial charge in [-0.3, -0.25) is 0 Å². The van der Waals surface area contributed by atoms with Crippen LogP contribution in [0.5, 0.6) is 0 Å². The first-order valence-electron chi connectivity index (χ1n) is 7.63. The third kappa shape index (κ3) is 3.21. The van der Waals surface area contributed by atoms with E-state index in [2.05, 4.69) is 33.9 Å². The van der Waals surface area contributed by atoms with Crippen LogP contribution in [0, 0.1) is 0 Å². The van der Waals surface area contributed by atoms with Crippen LogP contribution in [-0.4, -0.2) is 49.9 Å². The molecule has 2 aliphatic heterocycles. The first-order chi connectivity index (χ1) is 9.28. The fraction of sp³-hybridized carbons (Fsp3) is 1.00. The van der Waals surface area contributed by atoms with Crippen LogP contribution >= 0.6 is 0 Å². The van der Waals surface area contributed by atoms with Gasteiger partial charge < -0.3 is 23.7 Å². The summed E-state index contributed by atoms with van der Waals surface area (Å²) in [6.07, 6.45) is -1.73. The maximum atomic E-state index is 10.1. The van der Waals surface area contributed by atoms with Crippen LogP contribution in [0.3, 0.4) is 0 Å². The second-order valence-corrected chi connectivity index (χ2v) is 13.2. The maximum Gasteiger partial charge on any atom is 0.192 e. The SMILES string of the molecule is CC1(C)O[C@@H]2C(O)O[C@](C)(CO[Si](C)(C)C(C)(C)C)[C@@H]2O1. The highest BCUT2D eigenvalue weighted by molar-refractivity contribution is 6.74. The molecular formula is C15H30O5Si. The quantitative estimate of drug-likeness (QED) is 0.811. The Kier molecular flexibility index (Phi) is 4.14. The van der Waals surface area contributed by atoms with Crippen molar-refractivity contribution < 1.29 is 23.7 Å². The van der Waals surface area contributed by atoms with Crippen LogP contribution in [-0.2, 0) is 18.6 Å². The van der Waals surface area contributed by atoms with E-state index in [1.54, 1.807) is 0 Å². The van der Waals surface area contributed by atoms with E-state index in [1.165, 1.54) is 0 Å². The molecule has 1 unspecified atom stereocenters. The number of rotatable bonds is 3. The summed E-state index contributed by atoms with van der Waals surface area (Å²) in [5, 5.41) is 10.2. The summed E-state index contributed by atoms with van der Waals surface area (Å²) in [6, 6.07) is 0. The van der Waals surface area contributed by atoms with E-state index in [-0.39, 0.29) is 11.1 Å². The first kappa shape index (κ1) is 17.4. The van der Waals surface area contributed by atoms with Crippen molar-refractivity contribution in [2.45, 2.75) is 89.6 Å². The molecule has 2 saturated heterocycles. The van der Waals surface area contributed by atoms with Crippen molar-refractivity contribution in [3.63, 3.8) is 0 Å². The molecule has 5 nitrogen and oxygen atoms in total. The molecule has 0 aromatic rings. The second kappa shape index (κ2) is 5.01. The summed E-state index contributed by atoms with van der Waals surface area (Å²) in [7, 11) is -1.88. The number of aliphatic hydroxyl groups excluding tert-OH is 1. The number of fused-ring (bicyclic) bond motifs is 1. The van der Waals surface area contributed by atoms with Crippen LogP contribution in [0.4, 0.5) is 0 Å². The van der Waals surface area contributed by atoms with E-state index in [4.69, 9.17) is 18.6 Å². The van der Waals surface area contributed by atoms with Gasteiger partial charge in [-0.2, -0.15) is 0 Å². The largest absolute Gasteiger partial charge is 0.414 e. The molecule has 2 rings (SSSR count). The minimum atomic E-state index is -1.88. The molecule has 2 aliphatic rings. The molecule has 21 heavy (non-hydrogen) atoms. The highest BCUT2D eigenvalue weighted by atomic mass is 28.4. The summed E-state index contributed by atoms with van der Waals surface area (Å²) in [5.41, 5.74) is -0.687. The molecule has 2 fully saturated rings. The van der Waals surface area contributed by atoms with E-state index in [9.17, 15) is 5.11 Å². The normalized spacial score (nSPS) is 39.6. The Morgan fingerprint density at radius 2 is 1.67 bits per heavy atom. The Hall–Kier alpha value is 0.0169. The smallest absolute Gasteiger partial charge is 0.192 e. The van der Waals surface area contributed by atoms with Gasteiger partial charge in [0, 0.05) is 0 Å².